The van der Waals surface area contributed by atoms with E-state index in [1.807, 2.05) is 12.1 Å². The fourth-order valence-corrected chi connectivity index (χ4v) is 5.26. The van der Waals surface area contributed by atoms with E-state index in [2.05, 4.69) is 21.6 Å². The van der Waals surface area contributed by atoms with Crippen molar-refractivity contribution in [2.24, 2.45) is 5.92 Å². The van der Waals surface area contributed by atoms with Gasteiger partial charge in [-0.1, -0.05) is 18.6 Å². The molecular formula is C22H28N4O3. The summed E-state index contributed by atoms with van der Waals surface area (Å²) in [5.41, 5.74) is 2.86. The number of nitrogens with one attached hydrogen (secondary N) is 2. The molecule has 1 aromatic rings. The number of carbonyl (C=O) groups excluding carboxylic acids is 3. The minimum absolute atomic E-state index is 0.0882. The molecule has 2 N–H and O–H groups in total. The van der Waals surface area contributed by atoms with Crippen molar-refractivity contribution in [3.05, 3.63) is 34.9 Å². The lowest BCUT2D eigenvalue weighted by molar-refractivity contribution is -0.136. The number of carbonyl (C=O) groups is 3. The van der Waals surface area contributed by atoms with E-state index in [9.17, 15) is 14.4 Å². The Labute approximate surface area is 170 Å². The van der Waals surface area contributed by atoms with E-state index in [1.165, 1.54) is 24.8 Å². The van der Waals surface area contributed by atoms with Crippen LogP contribution >= 0.6 is 0 Å². The molecule has 3 fully saturated rings. The first-order valence-corrected chi connectivity index (χ1v) is 10.8. The third kappa shape index (κ3) is 3.46. The highest BCUT2D eigenvalue weighted by Crippen LogP contribution is 2.31. The monoisotopic (exact) mass is 396 g/mol. The zero-order valence-electron chi connectivity index (χ0n) is 16.7. The summed E-state index contributed by atoms with van der Waals surface area (Å²) in [5.74, 6) is 0.0486. The third-order valence-electron chi connectivity index (χ3n) is 7.00. The lowest BCUT2D eigenvalue weighted by atomic mass is 9.86. The summed E-state index contributed by atoms with van der Waals surface area (Å²) in [6.45, 7) is 4.67. The Morgan fingerprint density at radius 2 is 1.93 bits per heavy atom. The predicted octanol–water partition coefficient (Wildman–Crippen LogP) is 1.02. The summed E-state index contributed by atoms with van der Waals surface area (Å²) in [4.78, 5) is 40.9. The van der Waals surface area contributed by atoms with E-state index < -0.39 is 6.04 Å². The first kappa shape index (κ1) is 18.8. The Morgan fingerprint density at radius 1 is 1.07 bits per heavy atom. The molecule has 0 bridgehead atoms. The van der Waals surface area contributed by atoms with E-state index in [0.29, 0.717) is 24.6 Å². The van der Waals surface area contributed by atoms with Gasteiger partial charge in [0.2, 0.25) is 11.8 Å². The van der Waals surface area contributed by atoms with Gasteiger partial charge in [0.1, 0.15) is 6.04 Å². The van der Waals surface area contributed by atoms with Crippen molar-refractivity contribution < 1.29 is 14.4 Å². The SMILES string of the molecule is O=C1CCC(N2Cc3ccc(CN4CCCCC4C4CNC4)cc3C2=O)C(=O)N1. The number of rotatable bonds is 4. The largest absolute Gasteiger partial charge is 0.322 e. The van der Waals surface area contributed by atoms with Crippen LogP contribution in [-0.2, 0) is 22.7 Å². The van der Waals surface area contributed by atoms with Gasteiger partial charge in [-0.2, -0.15) is 0 Å². The standard InChI is InChI=1S/C22H28N4O3/c27-20-7-6-19(21(28)24-20)26-13-15-5-4-14(9-17(15)22(26)29)12-25-8-2-1-3-18(25)16-10-23-11-16/h4-5,9,16,18-19,23H,1-3,6-8,10-13H2,(H,24,27,28). The molecule has 5 rings (SSSR count). The maximum Gasteiger partial charge on any atom is 0.255 e. The van der Waals surface area contributed by atoms with Crippen LogP contribution in [0.2, 0.25) is 0 Å². The zero-order valence-corrected chi connectivity index (χ0v) is 16.7. The molecular weight excluding hydrogens is 368 g/mol. The van der Waals surface area contributed by atoms with Crippen LogP contribution in [0.25, 0.3) is 0 Å². The molecule has 154 valence electrons. The van der Waals surface area contributed by atoms with Crippen LogP contribution in [0.5, 0.6) is 0 Å². The average molecular weight is 396 g/mol. The molecule has 0 radical (unpaired) electrons. The highest BCUT2D eigenvalue weighted by molar-refractivity contribution is 6.05. The van der Waals surface area contributed by atoms with Gasteiger partial charge in [0.05, 0.1) is 0 Å². The number of piperidine rings is 2. The maximum absolute atomic E-state index is 13.0. The van der Waals surface area contributed by atoms with E-state index in [0.717, 1.165) is 37.7 Å². The van der Waals surface area contributed by atoms with Crippen LogP contribution < -0.4 is 10.6 Å². The van der Waals surface area contributed by atoms with Gasteiger partial charge in [-0.05, 0) is 48.9 Å². The normalized spacial score (nSPS) is 28.3. The highest BCUT2D eigenvalue weighted by atomic mass is 16.2. The molecule has 7 nitrogen and oxygen atoms in total. The fourth-order valence-electron chi connectivity index (χ4n) is 5.26. The number of hydrogen-bond acceptors (Lipinski definition) is 5. The summed E-state index contributed by atoms with van der Waals surface area (Å²) in [6.07, 6.45) is 4.50. The Balaban J connectivity index is 1.31. The summed E-state index contributed by atoms with van der Waals surface area (Å²) in [7, 11) is 0. The van der Waals surface area contributed by atoms with Crippen LogP contribution in [0, 0.1) is 5.92 Å². The molecule has 2 unspecified atom stereocenters. The van der Waals surface area contributed by atoms with E-state index in [-0.39, 0.29) is 24.1 Å². The molecule has 1 aromatic carbocycles. The number of fused-ring (bicyclic) bond motifs is 1. The van der Waals surface area contributed by atoms with Crippen molar-refractivity contribution in [3.8, 4) is 0 Å². The van der Waals surface area contributed by atoms with E-state index >= 15 is 0 Å². The minimum atomic E-state index is -0.548. The van der Waals surface area contributed by atoms with Crippen molar-refractivity contribution >= 4 is 17.7 Å². The lowest BCUT2D eigenvalue weighted by Crippen LogP contribution is -2.55. The van der Waals surface area contributed by atoms with Crippen molar-refractivity contribution in [3.63, 3.8) is 0 Å². The van der Waals surface area contributed by atoms with Crippen LogP contribution in [0.3, 0.4) is 0 Å². The first-order valence-electron chi connectivity index (χ1n) is 10.8. The van der Waals surface area contributed by atoms with E-state index in [4.69, 9.17) is 0 Å². The van der Waals surface area contributed by atoms with Crippen LogP contribution in [-0.4, -0.2) is 59.2 Å². The van der Waals surface area contributed by atoms with E-state index in [1.54, 1.807) is 4.90 Å². The average Bonchev–Trinajstić information content (AvgIpc) is 2.98. The molecule has 7 heteroatoms. The van der Waals surface area contributed by atoms with Crippen molar-refractivity contribution in [2.45, 2.75) is 57.3 Å². The van der Waals surface area contributed by atoms with Crippen LogP contribution in [0.15, 0.2) is 18.2 Å². The molecule has 4 aliphatic rings. The summed E-state index contributed by atoms with van der Waals surface area (Å²) in [6, 6.07) is 6.28. The molecule has 4 heterocycles. The van der Waals surface area contributed by atoms with Crippen molar-refractivity contribution in [1.29, 1.82) is 0 Å². The molecule has 3 saturated heterocycles. The summed E-state index contributed by atoms with van der Waals surface area (Å²) in [5, 5.41) is 5.76. The molecule has 2 atom stereocenters. The highest BCUT2D eigenvalue weighted by Gasteiger charge is 2.39. The molecule has 3 amide bonds. The number of hydrogen-bond donors (Lipinski definition) is 2. The lowest BCUT2D eigenvalue weighted by Gasteiger charge is -2.44. The Morgan fingerprint density at radius 3 is 2.69 bits per heavy atom. The number of benzene rings is 1. The second kappa shape index (κ2) is 7.54. The number of imide groups is 1. The molecule has 0 aromatic heterocycles. The number of likely N-dealkylation sites (tertiary alicyclic amines) is 1. The zero-order chi connectivity index (χ0) is 20.0. The second-order valence-electron chi connectivity index (χ2n) is 8.84. The maximum atomic E-state index is 13.0. The topological polar surface area (TPSA) is 81.8 Å². The van der Waals surface area contributed by atoms with Crippen molar-refractivity contribution in [2.75, 3.05) is 19.6 Å². The Kier molecular flexibility index (Phi) is 4.87. The number of amides is 3. The quantitative estimate of drug-likeness (QED) is 0.743. The first-order chi connectivity index (χ1) is 14.1. The molecule has 4 aliphatic heterocycles. The number of nitrogens with zero attached hydrogens (tertiary/aromatic N) is 2. The Bertz CT molecular complexity index is 850. The minimum Gasteiger partial charge on any atom is -0.322 e. The Hall–Kier alpha value is -2.25. The van der Waals surface area contributed by atoms with Gasteiger partial charge in [-0.15, -0.1) is 0 Å². The third-order valence-corrected chi connectivity index (χ3v) is 7.00. The van der Waals surface area contributed by atoms with Crippen molar-refractivity contribution in [1.82, 2.24) is 20.4 Å². The fraction of sp³-hybridized carbons (Fsp3) is 0.591. The van der Waals surface area contributed by atoms with Gasteiger partial charge >= 0.3 is 0 Å². The van der Waals surface area contributed by atoms with Gasteiger partial charge < -0.3 is 10.2 Å². The van der Waals surface area contributed by atoms with Gasteiger partial charge in [0, 0.05) is 44.2 Å². The van der Waals surface area contributed by atoms with Gasteiger partial charge in [-0.3, -0.25) is 24.6 Å². The van der Waals surface area contributed by atoms with Gasteiger partial charge in [0.25, 0.3) is 5.91 Å². The molecule has 29 heavy (non-hydrogen) atoms. The predicted molar refractivity (Wildman–Crippen MR) is 107 cm³/mol. The van der Waals surface area contributed by atoms with Gasteiger partial charge in [-0.25, -0.2) is 0 Å². The second-order valence-corrected chi connectivity index (χ2v) is 8.84. The molecule has 0 spiro atoms. The molecule has 0 aliphatic carbocycles. The summed E-state index contributed by atoms with van der Waals surface area (Å²) < 4.78 is 0. The molecule has 0 saturated carbocycles. The van der Waals surface area contributed by atoms with Crippen LogP contribution in [0.4, 0.5) is 0 Å². The summed E-state index contributed by atoms with van der Waals surface area (Å²) >= 11 is 0. The van der Waals surface area contributed by atoms with Crippen LogP contribution in [0.1, 0.15) is 53.6 Å². The smallest absolute Gasteiger partial charge is 0.255 e. The van der Waals surface area contributed by atoms with Gasteiger partial charge in [0.15, 0.2) is 0 Å².